The van der Waals surface area contributed by atoms with Crippen LogP contribution in [0, 0.1) is 27.7 Å². The average Bonchev–Trinajstić information content (AvgIpc) is 3.47. The molecule has 1 unspecified atom stereocenters. The first-order valence-electron chi connectivity index (χ1n) is 10.3. The molecule has 2 amide bonds. The number of hydrogen-bond acceptors (Lipinski definition) is 4. The van der Waals surface area contributed by atoms with Crippen molar-refractivity contribution in [3.63, 3.8) is 0 Å². The van der Waals surface area contributed by atoms with E-state index in [1.807, 2.05) is 56.0 Å². The van der Waals surface area contributed by atoms with Crippen LogP contribution in [0.25, 0.3) is 0 Å². The Hall–Kier alpha value is -2.60. The van der Waals surface area contributed by atoms with Crippen LogP contribution >= 0.6 is 11.8 Å². The molecule has 0 radical (unpaired) electrons. The zero-order chi connectivity index (χ0) is 21.4. The van der Waals surface area contributed by atoms with Gasteiger partial charge in [-0.05, 0) is 63.3 Å². The molecule has 6 heteroatoms. The van der Waals surface area contributed by atoms with Gasteiger partial charge in [0.05, 0.1) is 5.69 Å². The van der Waals surface area contributed by atoms with E-state index >= 15 is 0 Å². The summed E-state index contributed by atoms with van der Waals surface area (Å²) in [6.45, 7) is 8.03. The predicted molar refractivity (Wildman–Crippen MR) is 123 cm³/mol. The minimum absolute atomic E-state index is 0.00247. The molecule has 1 saturated heterocycles. The highest BCUT2D eigenvalue weighted by Gasteiger charge is 2.46. The van der Waals surface area contributed by atoms with Gasteiger partial charge in [-0.2, -0.15) is 0 Å². The number of nitrogens with zero attached hydrogens (tertiary/aromatic N) is 2. The molecule has 1 saturated carbocycles. The van der Waals surface area contributed by atoms with Crippen molar-refractivity contribution in [2.45, 2.75) is 58.2 Å². The first-order chi connectivity index (χ1) is 14.3. The zero-order valence-electron chi connectivity index (χ0n) is 17.9. The van der Waals surface area contributed by atoms with E-state index in [9.17, 15) is 9.59 Å². The van der Waals surface area contributed by atoms with Crippen molar-refractivity contribution in [3.8, 4) is 0 Å². The van der Waals surface area contributed by atoms with Gasteiger partial charge in [-0.3, -0.25) is 14.5 Å². The normalized spacial score (nSPS) is 20.1. The van der Waals surface area contributed by atoms with Crippen LogP contribution in [0.3, 0.4) is 0 Å². The molecule has 2 fully saturated rings. The second-order valence-corrected chi connectivity index (χ2v) is 9.42. The third-order valence-electron chi connectivity index (χ3n) is 5.56. The Morgan fingerprint density at radius 2 is 1.80 bits per heavy atom. The highest BCUT2D eigenvalue weighted by Crippen LogP contribution is 2.40. The summed E-state index contributed by atoms with van der Waals surface area (Å²) in [5, 5.41) is 3.29. The molecule has 0 aromatic heterocycles. The fraction of sp³-hybridized carbons (Fsp3) is 0.375. The van der Waals surface area contributed by atoms with Crippen molar-refractivity contribution in [1.82, 2.24) is 4.90 Å². The Morgan fingerprint density at radius 1 is 1.10 bits per heavy atom. The van der Waals surface area contributed by atoms with Crippen LogP contribution < -0.4 is 5.32 Å². The van der Waals surface area contributed by atoms with E-state index in [2.05, 4.69) is 18.3 Å². The lowest BCUT2D eigenvalue weighted by Gasteiger charge is -2.16. The Kier molecular flexibility index (Phi) is 5.69. The second kappa shape index (κ2) is 8.26. The summed E-state index contributed by atoms with van der Waals surface area (Å²) in [6, 6.07) is 12.3. The Labute approximate surface area is 182 Å². The minimum Gasteiger partial charge on any atom is -0.326 e. The number of benzene rings is 2. The summed E-state index contributed by atoms with van der Waals surface area (Å²) < 4.78 is 0. The SMILES string of the molecule is Cc1ccc(N=C2SC(CC(=O)Nc3c(C)cccc3C)C(=O)N2C2CC2)c(C)c1. The third-order valence-corrected chi connectivity index (χ3v) is 6.71. The number of amidine groups is 1. The minimum atomic E-state index is -0.431. The molecule has 1 aliphatic heterocycles. The number of thioether (sulfide) groups is 1. The maximum absolute atomic E-state index is 13.1. The number of amides is 2. The number of aliphatic imine (C=N–C) groups is 1. The smallest absolute Gasteiger partial charge is 0.242 e. The lowest BCUT2D eigenvalue weighted by atomic mass is 10.1. The number of para-hydroxylation sites is 1. The quantitative estimate of drug-likeness (QED) is 0.735. The van der Waals surface area contributed by atoms with Gasteiger partial charge in [0.1, 0.15) is 5.25 Å². The van der Waals surface area contributed by atoms with Gasteiger partial charge in [-0.1, -0.05) is 47.7 Å². The molecule has 2 aromatic rings. The van der Waals surface area contributed by atoms with Gasteiger partial charge in [0.15, 0.2) is 5.17 Å². The number of rotatable bonds is 5. The van der Waals surface area contributed by atoms with Gasteiger partial charge in [0, 0.05) is 18.2 Å². The van der Waals surface area contributed by atoms with E-state index in [1.54, 1.807) is 0 Å². The van der Waals surface area contributed by atoms with Crippen molar-refractivity contribution in [2.75, 3.05) is 5.32 Å². The van der Waals surface area contributed by atoms with Crippen LogP contribution in [0.2, 0.25) is 0 Å². The number of carbonyl (C=O) groups is 2. The molecule has 1 aliphatic carbocycles. The van der Waals surface area contributed by atoms with Crippen molar-refractivity contribution in [2.24, 2.45) is 4.99 Å². The van der Waals surface area contributed by atoms with Crippen molar-refractivity contribution >= 4 is 40.1 Å². The molecule has 5 nitrogen and oxygen atoms in total. The summed E-state index contributed by atoms with van der Waals surface area (Å²) in [7, 11) is 0. The van der Waals surface area contributed by atoms with Crippen LogP contribution in [-0.4, -0.2) is 33.2 Å². The molecule has 4 rings (SSSR count). The van der Waals surface area contributed by atoms with Crippen LogP contribution in [0.1, 0.15) is 41.5 Å². The average molecular weight is 422 g/mol. The van der Waals surface area contributed by atoms with E-state index < -0.39 is 5.25 Å². The molecular formula is C24H27N3O2S. The van der Waals surface area contributed by atoms with E-state index in [0.717, 1.165) is 46.1 Å². The molecule has 1 N–H and O–H groups in total. The highest BCUT2D eigenvalue weighted by atomic mass is 32.2. The Bertz CT molecular complexity index is 1020. The van der Waals surface area contributed by atoms with Gasteiger partial charge >= 0.3 is 0 Å². The summed E-state index contributed by atoms with van der Waals surface area (Å²) in [5.74, 6) is -0.135. The lowest BCUT2D eigenvalue weighted by molar-refractivity contribution is -0.128. The maximum Gasteiger partial charge on any atom is 0.242 e. The van der Waals surface area contributed by atoms with E-state index in [0.29, 0.717) is 0 Å². The first-order valence-corrected chi connectivity index (χ1v) is 11.2. The second-order valence-electron chi connectivity index (χ2n) is 8.25. The molecule has 156 valence electrons. The highest BCUT2D eigenvalue weighted by molar-refractivity contribution is 8.15. The molecular weight excluding hydrogens is 394 g/mol. The molecule has 1 atom stereocenters. The first kappa shape index (κ1) is 20.7. The van der Waals surface area contributed by atoms with Gasteiger partial charge in [-0.25, -0.2) is 4.99 Å². The molecule has 1 heterocycles. The molecule has 2 aromatic carbocycles. The summed E-state index contributed by atoms with van der Waals surface area (Å²) in [6.07, 6.45) is 2.14. The van der Waals surface area contributed by atoms with Crippen molar-refractivity contribution in [3.05, 3.63) is 58.7 Å². The van der Waals surface area contributed by atoms with Crippen LogP contribution in [-0.2, 0) is 9.59 Å². The van der Waals surface area contributed by atoms with E-state index in [1.165, 1.54) is 17.3 Å². The molecule has 0 bridgehead atoms. The largest absolute Gasteiger partial charge is 0.326 e. The van der Waals surface area contributed by atoms with E-state index in [4.69, 9.17) is 4.99 Å². The zero-order valence-corrected chi connectivity index (χ0v) is 18.7. The standard InChI is InChI=1S/C24H27N3O2S/c1-14-8-11-19(17(4)12-14)25-24-27(18-9-10-18)23(29)20(30-24)13-21(28)26-22-15(2)6-5-7-16(22)3/h5-8,11-12,18,20H,9-10,13H2,1-4H3,(H,26,28). The fourth-order valence-electron chi connectivity index (χ4n) is 3.77. The number of anilines is 1. The monoisotopic (exact) mass is 421 g/mol. The number of carbonyl (C=O) groups excluding carboxylic acids is 2. The Balaban J connectivity index is 1.53. The number of nitrogens with one attached hydrogen (secondary N) is 1. The van der Waals surface area contributed by atoms with Crippen molar-refractivity contribution in [1.29, 1.82) is 0 Å². The van der Waals surface area contributed by atoms with Gasteiger partial charge < -0.3 is 5.32 Å². The topological polar surface area (TPSA) is 61.8 Å². The predicted octanol–water partition coefficient (Wildman–Crippen LogP) is 5.04. The fourth-order valence-corrected chi connectivity index (χ4v) is 4.97. The van der Waals surface area contributed by atoms with Crippen molar-refractivity contribution < 1.29 is 9.59 Å². The summed E-state index contributed by atoms with van der Waals surface area (Å²) in [5.41, 5.74) is 6.02. The van der Waals surface area contributed by atoms with Gasteiger partial charge in [-0.15, -0.1) is 0 Å². The van der Waals surface area contributed by atoms with Gasteiger partial charge in [0.25, 0.3) is 0 Å². The van der Waals surface area contributed by atoms with E-state index in [-0.39, 0.29) is 24.3 Å². The molecule has 0 spiro atoms. The van der Waals surface area contributed by atoms with Crippen LogP contribution in [0.5, 0.6) is 0 Å². The molecule has 2 aliphatic rings. The molecule has 30 heavy (non-hydrogen) atoms. The van der Waals surface area contributed by atoms with Crippen LogP contribution in [0.15, 0.2) is 41.4 Å². The lowest BCUT2D eigenvalue weighted by Crippen LogP contribution is -2.35. The summed E-state index contributed by atoms with van der Waals surface area (Å²) >= 11 is 1.42. The number of aryl methyl sites for hydroxylation is 4. The van der Waals surface area contributed by atoms with Crippen LogP contribution in [0.4, 0.5) is 11.4 Å². The maximum atomic E-state index is 13.1. The van der Waals surface area contributed by atoms with Gasteiger partial charge in [0.2, 0.25) is 11.8 Å². The Morgan fingerprint density at radius 3 is 2.43 bits per heavy atom. The summed E-state index contributed by atoms with van der Waals surface area (Å²) in [4.78, 5) is 32.5. The number of hydrogen-bond donors (Lipinski definition) is 1. The third kappa shape index (κ3) is 4.29.